The van der Waals surface area contributed by atoms with Gasteiger partial charge in [0.15, 0.2) is 0 Å². The third-order valence-electron chi connectivity index (χ3n) is 3.70. The van der Waals surface area contributed by atoms with Crippen LogP contribution in [0.15, 0.2) is 18.0 Å². The lowest BCUT2D eigenvalue weighted by atomic mass is 10.1. The number of hydrogen-bond donors (Lipinski definition) is 0. The summed E-state index contributed by atoms with van der Waals surface area (Å²) in [6.07, 6.45) is 5.05. The Labute approximate surface area is 121 Å². The van der Waals surface area contributed by atoms with Gasteiger partial charge in [-0.2, -0.15) is 5.10 Å². The number of carbonyl (C=O) groups excluding carboxylic acids is 1. The van der Waals surface area contributed by atoms with Crippen LogP contribution in [-0.2, 0) is 4.79 Å². The second-order valence-corrected chi connectivity index (χ2v) is 6.09. The molecule has 2 aromatic rings. The Kier molecular flexibility index (Phi) is 3.52. The van der Waals surface area contributed by atoms with Crippen molar-refractivity contribution in [1.82, 2.24) is 24.6 Å². The summed E-state index contributed by atoms with van der Waals surface area (Å²) in [6, 6.07) is -0.212. The van der Waals surface area contributed by atoms with E-state index in [0.29, 0.717) is 0 Å². The maximum atomic E-state index is 12.6. The molecular formula is C13H17N5OS. The van der Waals surface area contributed by atoms with Crippen molar-refractivity contribution in [3.8, 4) is 0 Å². The smallest absolute Gasteiger partial charge is 0.247 e. The van der Waals surface area contributed by atoms with Gasteiger partial charge in [-0.3, -0.25) is 4.79 Å². The number of likely N-dealkylation sites (tertiary alicyclic amines) is 1. The lowest BCUT2D eigenvalue weighted by Crippen LogP contribution is -2.36. The number of carbonyl (C=O) groups is 1. The Morgan fingerprint density at radius 3 is 3.05 bits per heavy atom. The predicted molar refractivity (Wildman–Crippen MR) is 75.3 cm³/mol. The van der Waals surface area contributed by atoms with Crippen molar-refractivity contribution in [1.29, 1.82) is 0 Å². The molecule has 7 heteroatoms. The van der Waals surface area contributed by atoms with E-state index < -0.39 is 0 Å². The molecule has 1 unspecified atom stereocenters. The Bertz CT molecular complexity index is 594. The van der Waals surface area contributed by atoms with Crippen LogP contribution in [0, 0.1) is 6.92 Å². The average molecular weight is 291 g/mol. The molecule has 1 aliphatic rings. The van der Waals surface area contributed by atoms with E-state index in [-0.39, 0.29) is 18.0 Å². The van der Waals surface area contributed by atoms with Crippen molar-refractivity contribution in [2.45, 2.75) is 38.8 Å². The number of amides is 1. The molecule has 0 N–H and O–H groups in total. The maximum absolute atomic E-state index is 12.6. The topological polar surface area (TPSA) is 63.9 Å². The zero-order valence-electron chi connectivity index (χ0n) is 11.6. The Balaban J connectivity index is 1.80. The normalized spacial score (nSPS) is 20.3. The SMILES string of the molecule is Cc1nc([C@H]2CCCN2C(=O)C(C)n2cncn2)cs1. The highest BCUT2D eigenvalue weighted by Gasteiger charge is 2.34. The molecule has 1 amide bonds. The summed E-state index contributed by atoms with van der Waals surface area (Å²) in [5.41, 5.74) is 1.02. The van der Waals surface area contributed by atoms with Crippen LogP contribution in [0.4, 0.5) is 0 Å². The van der Waals surface area contributed by atoms with Crippen molar-refractivity contribution < 1.29 is 4.79 Å². The van der Waals surface area contributed by atoms with Crippen LogP contribution >= 0.6 is 11.3 Å². The molecule has 1 fully saturated rings. The molecule has 3 rings (SSSR count). The first kappa shape index (κ1) is 13.2. The van der Waals surface area contributed by atoms with Crippen LogP contribution in [0.5, 0.6) is 0 Å². The molecule has 2 aromatic heterocycles. The standard InChI is InChI=1S/C13H17N5OS/c1-9(18-8-14-7-15-18)13(19)17-5-3-4-12(17)11-6-20-10(2)16-11/h6-9,12H,3-5H2,1-2H3/t9?,12-/m1/s1. The van der Waals surface area contributed by atoms with E-state index in [0.717, 1.165) is 30.1 Å². The third-order valence-corrected chi connectivity index (χ3v) is 4.50. The molecule has 0 spiro atoms. The summed E-state index contributed by atoms with van der Waals surface area (Å²) in [5.74, 6) is 0.0867. The van der Waals surface area contributed by atoms with Crippen LogP contribution in [0.2, 0.25) is 0 Å². The molecule has 20 heavy (non-hydrogen) atoms. The molecule has 6 nitrogen and oxygen atoms in total. The molecule has 2 atom stereocenters. The van der Waals surface area contributed by atoms with E-state index in [4.69, 9.17) is 0 Å². The second kappa shape index (κ2) is 5.32. The highest BCUT2D eigenvalue weighted by molar-refractivity contribution is 7.09. The van der Waals surface area contributed by atoms with E-state index in [9.17, 15) is 4.79 Å². The average Bonchev–Trinajstić information content (AvgIpc) is 3.17. The number of nitrogens with zero attached hydrogens (tertiary/aromatic N) is 5. The van der Waals surface area contributed by atoms with Gasteiger partial charge in [0.25, 0.3) is 0 Å². The molecule has 3 heterocycles. The summed E-state index contributed by atoms with van der Waals surface area (Å²) in [5, 5.41) is 7.16. The lowest BCUT2D eigenvalue weighted by molar-refractivity contribution is -0.135. The Morgan fingerprint density at radius 2 is 2.40 bits per heavy atom. The highest BCUT2D eigenvalue weighted by atomic mass is 32.1. The molecule has 0 saturated carbocycles. The maximum Gasteiger partial charge on any atom is 0.247 e. The minimum Gasteiger partial charge on any atom is -0.332 e. The fraction of sp³-hybridized carbons (Fsp3) is 0.538. The van der Waals surface area contributed by atoms with Crippen molar-refractivity contribution in [2.24, 2.45) is 0 Å². The fourth-order valence-corrected chi connectivity index (χ4v) is 3.30. The zero-order valence-corrected chi connectivity index (χ0v) is 12.4. The minimum absolute atomic E-state index is 0.0867. The Morgan fingerprint density at radius 1 is 1.55 bits per heavy atom. The van der Waals surface area contributed by atoms with Crippen LogP contribution < -0.4 is 0 Å². The van der Waals surface area contributed by atoms with Gasteiger partial charge in [0, 0.05) is 11.9 Å². The number of aromatic nitrogens is 4. The van der Waals surface area contributed by atoms with Crippen LogP contribution in [0.3, 0.4) is 0 Å². The molecule has 0 aliphatic carbocycles. The first-order valence-corrected chi connectivity index (χ1v) is 7.61. The van der Waals surface area contributed by atoms with Crippen molar-refractivity contribution in [2.75, 3.05) is 6.54 Å². The number of thiazole rings is 1. The summed E-state index contributed by atoms with van der Waals surface area (Å²) in [6.45, 7) is 4.64. The van der Waals surface area contributed by atoms with Crippen LogP contribution in [0.25, 0.3) is 0 Å². The van der Waals surface area contributed by atoms with Crippen molar-refractivity contribution in [3.05, 3.63) is 28.7 Å². The molecule has 1 saturated heterocycles. The monoisotopic (exact) mass is 291 g/mol. The Hall–Kier alpha value is -1.76. The van der Waals surface area contributed by atoms with E-state index in [1.54, 1.807) is 22.3 Å². The summed E-state index contributed by atoms with van der Waals surface area (Å²) in [7, 11) is 0. The third kappa shape index (κ3) is 2.33. The van der Waals surface area contributed by atoms with Crippen molar-refractivity contribution >= 4 is 17.2 Å². The van der Waals surface area contributed by atoms with Gasteiger partial charge in [-0.1, -0.05) is 0 Å². The van der Waals surface area contributed by atoms with E-state index in [2.05, 4.69) is 20.4 Å². The summed E-state index contributed by atoms with van der Waals surface area (Å²) in [4.78, 5) is 23.0. The van der Waals surface area contributed by atoms with Crippen molar-refractivity contribution in [3.63, 3.8) is 0 Å². The van der Waals surface area contributed by atoms with Gasteiger partial charge < -0.3 is 4.90 Å². The van der Waals surface area contributed by atoms with Gasteiger partial charge >= 0.3 is 0 Å². The van der Waals surface area contributed by atoms with Gasteiger partial charge in [-0.15, -0.1) is 11.3 Å². The highest BCUT2D eigenvalue weighted by Crippen LogP contribution is 2.33. The quantitative estimate of drug-likeness (QED) is 0.867. The molecule has 0 radical (unpaired) electrons. The molecule has 0 bridgehead atoms. The minimum atomic E-state index is -0.321. The first-order chi connectivity index (χ1) is 9.66. The second-order valence-electron chi connectivity index (χ2n) is 5.03. The van der Waals surface area contributed by atoms with Gasteiger partial charge in [-0.25, -0.2) is 14.6 Å². The lowest BCUT2D eigenvalue weighted by Gasteiger charge is -2.26. The van der Waals surface area contributed by atoms with E-state index in [1.807, 2.05) is 18.7 Å². The van der Waals surface area contributed by atoms with E-state index in [1.165, 1.54) is 6.33 Å². The number of aryl methyl sites for hydroxylation is 1. The number of rotatable bonds is 3. The fourth-order valence-electron chi connectivity index (χ4n) is 2.64. The van der Waals surface area contributed by atoms with E-state index >= 15 is 0 Å². The van der Waals surface area contributed by atoms with Gasteiger partial charge in [0.05, 0.1) is 16.7 Å². The molecule has 0 aromatic carbocycles. The molecule has 1 aliphatic heterocycles. The van der Waals surface area contributed by atoms with Gasteiger partial charge in [0.2, 0.25) is 5.91 Å². The van der Waals surface area contributed by atoms with Gasteiger partial charge in [-0.05, 0) is 26.7 Å². The predicted octanol–water partition coefficient (Wildman–Crippen LogP) is 1.97. The molecule has 106 valence electrons. The summed E-state index contributed by atoms with van der Waals surface area (Å²) < 4.78 is 1.60. The van der Waals surface area contributed by atoms with Crippen LogP contribution in [-0.4, -0.2) is 37.1 Å². The zero-order chi connectivity index (χ0) is 14.1. The molecular weight excluding hydrogens is 274 g/mol. The van der Waals surface area contributed by atoms with Gasteiger partial charge in [0.1, 0.15) is 18.7 Å². The van der Waals surface area contributed by atoms with Crippen LogP contribution in [0.1, 0.15) is 42.6 Å². The summed E-state index contributed by atoms with van der Waals surface area (Å²) >= 11 is 1.63. The first-order valence-electron chi connectivity index (χ1n) is 6.73. The number of hydrogen-bond acceptors (Lipinski definition) is 5. The largest absolute Gasteiger partial charge is 0.332 e.